The van der Waals surface area contributed by atoms with Crippen LogP contribution >= 0.6 is 0 Å². The molecule has 2 aromatic rings. The van der Waals surface area contributed by atoms with Gasteiger partial charge in [0.25, 0.3) is 0 Å². The molecular weight excluding hydrogens is 412 g/mol. The summed E-state index contributed by atoms with van der Waals surface area (Å²) >= 11 is 0. The number of rotatable bonds is 8. The average molecular weight is 449 g/mol. The molecule has 4 rings (SSSR count). The Morgan fingerprint density at radius 2 is 1.94 bits per heavy atom. The van der Waals surface area contributed by atoms with E-state index in [4.69, 9.17) is 9.47 Å². The van der Waals surface area contributed by atoms with E-state index < -0.39 is 5.66 Å². The van der Waals surface area contributed by atoms with E-state index in [1.54, 1.807) is 7.11 Å². The number of carbonyl (C=O) groups is 1. The Bertz CT molecular complexity index is 1060. The minimum atomic E-state index is -0.624. The topological polar surface area (TPSA) is 50.8 Å². The summed E-state index contributed by atoms with van der Waals surface area (Å²) in [6.45, 7) is 10.1. The largest absolute Gasteiger partial charge is 0.493 e. The van der Waals surface area contributed by atoms with Crippen molar-refractivity contribution in [2.75, 3.05) is 25.2 Å². The smallest absolute Gasteiger partial charge is 0.223 e. The molecule has 176 valence electrons. The van der Waals surface area contributed by atoms with Crippen LogP contribution in [0.15, 0.2) is 42.5 Å². The van der Waals surface area contributed by atoms with Crippen LogP contribution in [-0.2, 0) is 10.2 Å². The molecule has 0 unspecified atom stereocenters. The van der Waals surface area contributed by atoms with E-state index in [1.165, 1.54) is 23.2 Å². The highest BCUT2D eigenvalue weighted by Gasteiger charge is 2.57. The lowest BCUT2D eigenvalue weighted by Crippen LogP contribution is -2.68. The Labute approximate surface area is 197 Å². The summed E-state index contributed by atoms with van der Waals surface area (Å²) in [4.78, 5) is 15.0. The highest BCUT2D eigenvalue weighted by molar-refractivity contribution is 5.84. The molecule has 0 radical (unpaired) electrons. The summed E-state index contributed by atoms with van der Waals surface area (Å²) in [5.74, 6) is 1.57. The maximum Gasteiger partial charge on any atom is 0.223 e. The number of hydrogen-bond acceptors (Lipinski definition) is 4. The first-order valence-corrected chi connectivity index (χ1v) is 12.0. The van der Waals surface area contributed by atoms with Crippen LogP contribution in [0.5, 0.6) is 11.5 Å². The molecule has 5 heteroatoms. The Hall–Kier alpha value is -2.95. The third kappa shape index (κ3) is 4.09. The van der Waals surface area contributed by atoms with Gasteiger partial charge in [-0.05, 0) is 48.7 Å². The summed E-state index contributed by atoms with van der Waals surface area (Å²) < 4.78 is 11.5. The molecule has 0 aromatic heterocycles. The first kappa shape index (κ1) is 23.2. The van der Waals surface area contributed by atoms with Gasteiger partial charge in [0.2, 0.25) is 5.91 Å². The number of nitrogens with zero attached hydrogens (tertiary/aromatic N) is 1. The third-order valence-corrected chi connectivity index (χ3v) is 7.10. The van der Waals surface area contributed by atoms with Gasteiger partial charge in [0.15, 0.2) is 11.5 Å². The van der Waals surface area contributed by atoms with E-state index in [2.05, 4.69) is 68.3 Å². The molecule has 0 saturated carbocycles. The number of amides is 1. The number of carbonyl (C=O) groups excluding carboxylic acids is 1. The maximum atomic E-state index is 12.6. The number of benzene rings is 2. The zero-order chi connectivity index (χ0) is 23.6. The standard InChI is InChI=1S/C28H36N2O3/c1-6-7-8-17-33-24-12-10-21(19-25(24)32-5)13-15-28-27(3,4)22-18-20(2)9-11-23(22)30(28)16-14-26(31)29-28/h9-13,15,18-19H,6-8,14,16-17H2,1-5H3,(H,29,31)/b15-13+/t28-/m0/s1. The summed E-state index contributed by atoms with van der Waals surface area (Å²) in [5, 5.41) is 3.34. The quantitative estimate of drug-likeness (QED) is 0.534. The summed E-state index contributed by atoms with van der Waals surface area (Å²) in [5.41, 5.74) is 3.77. The third-order valence-electron chi connectivity index (χ3n) is 7.10. The van der Waals surface area contributed by atoms with Crippen molar-refractivity contribution in [2.45, 2.75) is 64.5 Å². The molecule has 1 saturated heterocycles. The number of nitrogens with one attached hydrogen (secondary N) is 1. The molecule has 0 bridgehead atoms. The second-order valence-corrected chi connectivity index (χ2v) is 9.66. The van der Waals surface area contributed by atoms with Crippen molar-refractivity contribution in [2.24, 2.45) is 0 Å². The fourth-order valence-corrected chi connectivity index (χ4v) is 5.13. The van der Waals surface area contributed by atoms with Gasteiger partial charge in [-0.2, -0.15) is 0 Å². The van der Waals surface area contributed by atoms with E-state index in [9.17, 15) is 4.79 Å². The Morgan fingerprint density at radius 3 is 2.70 bits per heavy atom. The lowest BCUT2D eigenvalue weighted by molar-refractivity contribution is -0.124. The lowest BCUT2D eigenvalue weighted by atomic mass is 9.74. The van der Waals surface area contributed by atoms with Gasteiger partial charge in [-0.15, -0.1) is 0 Å². The second kappa shape index (κ2) is 9.12. The van der Waals surface area contributed by atoms with Crippen molar-refractivity contribution in [3.63, 3.8) is 0 Å². The molecule has 1 fully saturated rings. The van der Waals surface area contributed by atoms with Crippen LogP contribution in [-0.4, -0.2) is 31.8 Å². The maximum absolute atomic E-state index is 12.6. The van der Waals surface area contributed by atoms with Crippen LogP contribution in [0.3, 0.4) is 0 Å². The SMILES string of the molecule is CCCCCOc1ccc(/C=C/[C@]23NC(=O)CCN2c2ccc(C)cc2C3(C)C)cc1OC. The minimum Gasteiger partial charge on any atom is -0.493 e. The van der Waals surface area contributed by atoms with E-state index in [-0.39, 0.29) is 11.3 Å². The van der Waals surface area contributed by atoms with Crippen molar-refractivity contribution in [3.05, 3.63) is 59.2 Å². The molecule has 2 aliphatic heterocycles. The van der Waals surface area contributed by atoms with Crippen molar-refractivity contribution < 1.29 is 14.3 Å². The monoisotopic (exact) mass is 448 g/mol. The van der Waals surface area contributed by atoms with Crippen LogP contribution in [0.1, 0.15) is 63.1 Å². The zero-order valence-electron chi connectivity index (χ0n) is 20.5. The first-order valence-electron chi connectivity index (χ1n) is 12.0. The van der Waals surface area contributed by atoms with Crippen molar-refractivity contribution in [3.8, 4) is 11.5 Å². The van der Waals surface area contributed by atoms with Crippen LogP contribution in [0.4, 0.5) is 5.69 Å². The molecule has 0 aliphatic carbocycles. The van der Waals surface area contributed by atoms with Crippen molar-refractivity contribution >= 4 is 17.7 Å². The summed E-state index contributed by atoms with van der Waals surface area (Å²) in [6.07, 6.45) is 8.09. The highest BCUT2D eigenvalue weighted by atomic mass is 16.5. The van der Waals surface area contributed by atoms with E-state index in [0.29, 0.717) is 19.6 Å². The second-order valence-electron chi connectivity index (χ2n) is 9.66. The fraction of sp³-hybridized carbons (Fsp3) is 0.464. The molecule has 1 N–H and O–H groups in total. The zero-order valence-corrected chi connectivity index (χ0v) is 20.5. The number of fused-ring (bicyclic) bond motifs is 3. The van der Waals surface area contributed by atoms with E-state index in [1.807, 2.05) is 18.2 Å². The van der Waals surface area contributed by atoms with Gasteiger partial charge in [0.1, 0.15) is 5.66 Å². The molecule has 2 aromatic carbocycles. The number of aryl methyl sites for hydroxylation is 1. The molecule has 5 nitrogen and oxygen atoms in total. The predicted molar refractivity (Wildman–Crippen MR) is 134 cm³/mol. The van der Waals surface area contributed by atoms with Gasteiger partial charge in [-0.25, -0.2) is 0 Å². The van der Waals surface area contributed by atoms with Crippen LogP contribution in [0.2, 0.25) is 0 Å². The Balaban J connectivity index is 1.66. The van der Waals surface area contributed by atoms with E-state index in [0.717, 1.165) is 29.9 Å². The van der Waals surface area contributed by atoms with Gasteiger partial charge in [-0.1, -0.05) is 63.5 Å². The number of methoxy groups -OCH3 is 1. The lowest BCUT2D eigenvalue weighted by Gasteiger charge is -2.49. The van der Waals surface area contributed by atoms with Crippen LogP contribution < -0.4 is 19.7 Å². The molecule has 1 atom stereocenters. The molecule has 0 spiro atoms. The van der Waals surface area contributed by atoms with E-state index >= 15 is 0 Å². The number of unbranched alkanes of at least 4 members (excludes halogenated alkanes) is 2. The van der Waals surface area contributed by atoms with Gasteiger partial charge < -0.3 is 19.7 Å². The van der Waals surface area contributed by atoms with Crippen LogP contribution in [0.25, 0.3) is 6.08 Å². The Kier molecular flexibility index (Phi) is 6.42. The van der Waals surface area contributed by atoms with Gasteiger partial charge >= 0.3 is 0 Å². The number of ether oxygens (including phenoxy) is 2. The minimum absolute atomic E-state index is 0.0851. The summed E-state index contributed by atoms with van der Waals surface area (Å²) in [6, 6.07) is 12.6. The predicted octanol–water partition coefficient (Wildman–Crippen LogP) is 5.60. The highest BCUT2D eigenvalue weighted by Crippen LogP contribution is 2.52. The van der Waals surface area contributed by atoms with Crippen molar-refractivity contribution in [1.29, 1.82) is 0 Å². The number of hydrogen-bond donors (Lipinski definition) is 1. The van der Waals surface area contributed by atoms with Gasteiger partial charge in [0.05, 0.1) is 13.7 Å². The van der Waals surface area contributed by atoms with Gasteiger partial charge in [-0.3, -0.25) is 4.79 Å². The summed E-state index contributed by atoms with van der Waals surface area (Å²) in [7, 11) is 1.67. The number of anilines is 1. The fourth-order valence-electron chi connectivity index (χ4n) is 5.13. The first-order chi connectivity index (χ1) is 15.8. The molecule has 1 amide bonds. The van der Waals surface area contributed by atoms with Gasteiger partial charge in [0, 0.05) is 24.1 Å². The van der Waals surface area contributed by atoms with Crippen molar-refractivity contribution in [1.82, 2.24) is 5.32 Å². The average Bonchev–Trinajstić information content (AvgIpc) is 2.98. The molecular formula is C28H36N2O3. The molecule has 2 heterocycles. The molecule has 33 heavy (non-hydrogen) atoms. The molecule has 2 aliphatic rings. The Morgan fingerprint density at radius 1 is 1.12 bits per heavy atom. The normalized spacial score (nSPS) is 21.0. The van der Waals surface area contributed by atoms with Crippen LogP contribution in [0, 0.1) is 6.92 Å².